The Bertz CT molecular complexity index is 706. The molecule has 136 valence electrons. The summed E-state index contributed by atoms with van der Waals surface area (Å²) >= 11 is 0. The van der Waals surface area contributed by atoms with E-state index in [9.17, 15) is 9.59 Å². The van der Waals surface area contributed by atoms with Gasteiger partial charge in [0.15, 0.2) is 0 Å². The first-order chi connectivity index (χ1) is 12.2. The minimum atomic E-state index is -0.114. The number of fused-ring (bicyclic) bond motifs is 1. The molecule has 6 nitrogen and oxygen atoms in total. The van der Waals surface area contributed by atoms with Gasteiger partial charge in [-0.25, -0.2) is 9.48 Å². The maximum Gasteiger partial charge on any atom is 0.346 e. The van der Waals surface area contributed by atoms with Crippen molar-refractivity contribution in [2.45, 2.75) is 76.9 Å². The van der Waals surface area contributed by atoms with E-state index in [0.717, 1.165) is 49.9 Å². The topological polar surface area (TPSA) is 68.9 Å². The molecule has 2 heterocycles. The van der Waals surface area contributed by atoms with Crippen molar-refractivity contribution in [1.82, 2.24) is 19.7 Å². The average Bonchev–Trinajstić information content (AvgIpc) is 2.74. The third-order valence-corrected chi connectivity index (χ3v) is 7.13. The lowest BCUT2D eigenvalue weighted by molar-refractivity contribution is -0.125. The predicted octanol–water partition coefficient (Wildman–Crippen LogP) is 1.71. The van der Waals surface area contributed by atoms with Crippen LogP contribution in [-0.4, -0.2) is 26.3 Å². The van der Waals surface area contributed by atoms with Crippen molar-refractivity contribution in [2.24, 2.45) is 23.7 Å². The highest BCUT2D eigenvalue weighted by atomic mass is 16.2. The van der Waals surface area contributed by atoms with Gasteiger partial charge in [-0.15, -0.1) is 0 Å². The van der Waals surface area contributed by atoms with Gasteiger partial charge in [0, 0.05) is 19.0 Å². The van der Waals surface area contributed by atoms with Gasteiger partial charge in [0.05, 0.1) is 0 Å². The number of aromatic nitrogens is 3. The lowest BCUT2D eigenvalue weighted by Gasteiger charge is -2.54. The van der Waals surface area contributed by atoms with Crippen molar-refractivity contribution in [3.05, 3.63) is 16.3 Å². The van der Waals surface area contributed by atoms with Crippen molar-refractivity contribution in [2.75, 3.05) is 0 Å². The van der Waals surface area contributed by atoms with E-state index in [0.29, 0.717) is 17.9 Å². The summed E-state index contributed by atoms with van der Waals surface area (Å²) in [5.74, 6) is 3.95. The lowest BCUT2D eigenvalue weighted by atomic mass is 9.54. The Balaban J connectivity index is 1.28. The van der Waals surface area contributed by atoms with E-state index >= 15 is 0 Å². The molecule has 4 fully saturated rings. The standard InChI is InChI=1S/C19H28N4O2/c24-17(11-23-19(25)22-5-3-1-2-4-16(22)21-23)20-18-14-7-12-6-13(9-14)10-15(18)8-12/h12-15,18H,1-11H2,(H,20,24). The molecule has 1 aliphatic heterocycles. The summed E-state index contributed by atoms with van der Waals surface area (Å²) in [6, 6.07) is 0.330. The van der Waals surface area contributed by atoms with Gasteiger partial charge < -0.3 is 5.32 Å². The number of carbonyl (C=O) groups is 1. The Kier molecular flexibility index (Phi) is 3.75. The minimum absolute atomic E-state index is 0.0344. The number of amides is 1. The Morgan fingerprint density at radius 1 is 1.04 bits per heavy atom. The molecule has 0 aromatic carbocycles. The Morgan fingerprint density at radius 3 is 2.48 bits per heavy atom. The van der Waals surface area contributed by atoms with E-state index in [1.165, 1.54) is 36.8 Å². The number of carbonyl (C=O) groups excluding carboxylic acids is 1. The summed E-state index contributed by atoms with van der Waals surface area (Å²) in [6.45, 7) is 0.812. The highest BCUT2D eigenvalue weighted by molar-refractivity contribution is 5.76. The van der Waals surface area contributed by atoms with Crippen molar-refractivity contribution in [1.29, 1.82) is 0 Å². The zero-order valence-electron chi connectivity index (χ0n) is 14.8. The average molecular weight is 344 g/mol. The number of nitrogens with one attached hydrogen (secondary N) is 1. The fourth-order valence-electron chi connectivity index (χ4n) is 6.26. The molecule has 1 aromatic rings. The van der Waals surface area contributed by atoms with Crippen LogP contribution in [-0.2, 0) is 24.3 Å². The second kappa shape index (κ2) is 5.99. The van der Waals surface area contributed by atoms with Crippen molar-refractivity contribution >= 4 is 5.91 Å². The Labute approximate surface area is 148 Å². The molecule has 0 saturated heterocycles. The van der Waals surface area contributed by atoms with Crippen LogP contribution in [0, 0.1) is 23.7 Å². The molecule has 1 amide bonds. The normalized spacial score (nSPS) is 36.1. The predicted molar refractivity (Wildman–Crippen MR) is 93.0 cm³/mol. The van der Waals surface area contributed by atoms with Crippen LogP contribution in [0.2, 0.25) is 0 Å². The van der Waals surface area contributed by atoms with Crippen LogP contribution in [0.15, 0.2) is 4.79 Å². The lowest BCUT2D eigenvalue weighted by Crippen LogP contribution is -2.56. The van der Waals surface area contributed by atoms with Gasteiger partial charge in [-0.3, -0.25) is 9.36 Å². The van der Waals surface area contributed by atoms with Gasteiger partial charge in [-0.05, 0) is 68.6 Å². The monoisotopic (exact) mass is 344 g/mol. The second-order valence-electron chi connectivity index (χ2n) is 8.84. The number of aryl methyl sites for hydroxylation is 1. The molecule has 5 aliphatic rings. The number of nitrogens with zero attached hydrogens (tertiary/aromatic N) is 3. The zero-order valence-corrected chi connectivity index (χ0v) is 14.8. The van der Waals surface area contributed by atoms with E-state index in [1.54, 1.807) is 4.57 Å². The smallest absolute Gasteiger partial charge is 0.346 e. The third kappa shape index (κ3) is 2.74. The van der Waals surface area contributed by atoms with Gasteiger partial charge in [0.2, 0.25) is 5.91 Å². The summed E-state index contributed by atoms with van der Waals surface area (Å²) in [4.78, 5) is 25.1. The van der Waals surface area contributed by atoms with Crippen LogP contribution < -0.4 is 11.0 Å². The molecule has 6 heteroatoms. The Hall–Kier alpha value is -1.59. The molecule has 1 aromatic heterocycles. The first-order valence-corrected chi connectivity index (χ1v) is 10.1. The molecule has 4 bridgehead atoms. The summed E-state index contributed by atoms with van der Waals surface area (Å²) in [7, 11) is 0. The maximum atomic E-state index is 12.6. The quantitative estimate of drug-likeness (QED) is 0.908. The van der Waals surface area contributed by atoms with E-state index < -0.39 is 0 Å². The first-order valence-electron chi connectivity index (χ1n) is 10.1. The van der Waals surface area contributed by atoms with Crippen LogP contribution in [0.4, 0.5) is 0 Å². The van der Waals surface area contributed by atoms with Gasteiger partial charge in [-0.1, -0.05) is 6.42 Å². The van der Waals surface area contributed by atoms with E-state index in [4.69, 9.17) is 0 Å². The van der Waals surface area contributed by atoms with Crippen molar-refractivity contribution in [3.63, 3.8) is 0 Å². The Morgan fingerprint density at radius 2 is 1.76 bits per heavy atom. The van der Waals surface area contributed by atoms with Crippen LogP contribution >= 0.6 is 0 Å². The number of hydrogen-bond donors (Lipinski definition) is 1. The summed E-state index contributed by atoms with van der Waals surface area (Å²) in [5.41, 5.74) is -0.114. The third-order valence-electron chi connectivity index (χ3n) is 7.13. The molecule has 0 radical (unpaired) electrons. The SMILES string of the molecule is O=C(Cn1nc2n(c1=O)CCCCC2)NC1C2CC3CC(C2)CC1C3. The molecular weight excluding hydrogens is 316 g/mol. The molecule has 25 heavy (non-hydrogen) atoms. The fourth-order valence-corrected chi connectivity index (χ4v) is 6.26. The largest absolute Gasteiger partial charge is 0.351 e. The fraction of sp³-hybridized carbons (Fsp3) is 0.842. The molecular formula is C19H28N4O2. The van der Waals surface area contributed by atoms with Crippen LogP contribution in [0.1, 0.15) is 57.2 Å². The van der Waals surface area contributed by atoms with Crippen LogP contribution in [0.3, 0.4) is 0 Å². The van der Waals surface area contributed by atoms with Crippen LogP contribution in [0.5, 0.6) is 0 Å². The molecule has 1 N–H and O–H groups in total. The van der Waals surface area contributed by atoms with Crippen molar-refractivity contribution in [3.8, 4) is 0 Å². The van der Waals surface area contributed by atoms with Crippen molar-refractivity contribution < 1.29 is 4.79 Å². The molecule has 4 aliphatic carbocycles. The highest BCUT2D eigenvalue weighted by Gasteiger charge is 2.48. The number of hydrogen-bond acceptors (Lipinski definition) is 3. The van der Waals surface area contributed by atoms with E-state index in [1.807, 2.05) is 0 Å². The molecule has 0 unspecified atom stereocenters. The zero-order chi connectivity index (χ0) is 17.0. The first kappa shape index (κ1) is 15.6. The molecule has 4 saturated carbocycles. The van der Waals surface area contributed by atoms with E-state index in [2.05, 4.69) is 10.4 Å². The maximum absolute atomic E-state index is 12.6. The second-order valence-corrected chi connectivity index (χ2v) is 8.84. The van der Waals surface area contributed by atoms with Gasteiger partial charge >= 0.3 is 5.69 Å². The summed E-state index contributed by atoms with van der Waals surface area (Å²) in [6.07, 6.45) is 10.7. The number of rotatable bonds is 3. The van der Waals surface area contributed by atoms with Crippen LogP contribution in [0.25, 0.3) is 0 Å². The van der Waals surface area contributed by atoms with Gasteiger partial charge in [0.1, 0.15) is 12.4 Å². The van der Waals surface area contributed by atoms with E-state index in [-0.39, 0.29) is 18.1 Å². The minimum Gasteiger partial charge on any atom is -0.351 e. The molecule has 0 atom stereocenters. The molecule has 0 spiro atoms. The van der Waals surface area contributed by atoms with Gasteiger partial charge in [-0.2, -0.15) is 5.10 Å². The van der Waals surface area contributed by atoms with Gasteiger partial charge in [0.25, 0.3) is 0 Å². The summed E-state index contributed by atoms with van der Waals surface area (Å²) in [5, 5.41) is 7.72. The molecule has 6 rings (SSSR count). The highest BCUT2D eigenvalue weighted by Crippen LogP contribution is 2.53. The summed E-state index contributed by atoms with van der Waals surface area (Å²) < 4.78 is 3.15.